The van der Waals surface area contributed by atoms with Gasteiger partial charge in [0.25, 0.3) is 0 Å². The van der Waals surface area contributed by atoms with Crippen LogP contribution in [0.2, 0.25) is 0 Å². The van der Waals surface area contributed by atoms with E-state index < -0.39 is 0 Å². The second kappa shape index (κ2) is 7.98. The van der Waals surface area contributed by atoms with Crippen LogP contribution in [0.5, 0.6) is 5.75 Å². The minimum atomic E-state index is 0.261. The Morgan fingerprint density at radius 1 is 1.24 bits per heavy atom. The van der Waals surface area contributed by atoms with E-state index in [2.05, 4.69) is 15.8 Å². The van der Waals surface area contributed by atoms with Crippen molar-refractivity contribution < 1.29 is 5.11 Å². The van der Waals surface area contributed by atoms with Gasteiger partial charge in [-0.25, -0.2) is 0 Å². The molecule has 4 nitrogen and oxygen atoms in total. The maximum atomic E-state index is 9.33. The first kappa shape index (κ1) is 15.8. The third-order valence-electron chi connectivity index (χ3n) is 3.77. The van der Waals surface area contributed by atoms with Crippen LogP contribution in [-0.2, 0) is 0 Å². The van der Waals surface area contributed by atoms with Crippen LogP contribution < -0.4 is 10.7 Å². The summed E-state index contributed by atoms with van der Waals surface area (Å²) >= 11 is 5.30. The van der Waals surface area contributed by atoms with Gasteiger partial charge in [0.15, 0.2) is 5.11 Å². The van der Waals surface area contributed by atoms with E-state index in [1.807, 2.05) is 19.1 Å². The molecule has 2 rings (SSSR count). The summed E-state index contributed by atoms with van der Waals surface area (Å²) in [7, 11) is 0. The Kier molecular flexibility index (Phi) is 5.99. The monoisotopic (exact) mass is 305 g/mol. The summed E-state index contributed by atoms with van der Waals surface area (Å²) in [5, 5.41) is 17.6. The molecule has 1 aliphatic carbocycles. The highest BCUT2D eigenvalue weighted by Gasteiger charge is 2.13. The lowest BCUT2D eigenvalue weighted by molar-refractivity contribution is 0.412. The van der Waals surface area contributed by atoms with Gasteiger partial charge in [-0.15, -0.1) is 0 Å². The number of nitrogens with one attached hydrogen (secondary N) is 2. The Morgan fingerprint density at radius 3 is 2.52 bits per heavy atom. The Morgan fingerprint density at radius 2 is 1.90 bits per heavy atom. The molecule has 1 aromatic rings. The molecular formula is C16H23N3OS. The Balaban J connectivity index is 1.90. The molecule has 21 heavy (non-hydrogen) atoms. The molecule has 0 atom stereocenters. The molecule has 1 aromatic carbocycles. The van der Waals surface area contributed by atoms with Crippen LogP contribution in [-0.4, -0.2) is 22.0 Å². The van der Waals surface area contributed by atoms with E-state index in [1.54, 1.807) is 12.1 Å². The lowest BCUT2D eigenvalue weighted by Gasteiger charge is -2.23. The first-order valence-electron chi connectivity index (χ1n) is 7.61. The van der Waals surface area contributed by atoms with Gasteiger partial charge in [-0.3, -0.25) is 5.43 Å². The summed E-state index contributed by atoms with van der Waals surface area (Å²) in [5.74, 6) is 0.261. The summed E-state index contributed by atoms with van der Waals surface area (Å²) < 4.78 is 0. The summed E-state index contributed by atoms with van der Waals surface area (Å²) in [6, 6.07) is 7.53. The topological polar surface area (TPSA) is 56.7 Å². The van der Waals surface area contributed by atoms with Gasteiger partial charge >= 0.3 is 0 Å². The van der Waals surface area contributed by atoms with Gasteiger partial charge in [-0.1, -0.05) is 26.2 Å². The lowest BCUT2D eigenvalue weighted by atomic mass is 9.96. The average molecular weight is 305 g/mol. The zero-order valence-corrected chi connectivity index (χ0v) is 13.2. The van der Waals surface area contributed by atoms with Crippen LogP contribution in [0.25, 0.3) is 0 Å². The molecule has 5 heteroatoms. The van der Waals surface area contributed by atoms with Crippen molar-refractivity contribution in [1.29, 1.82) is 0 Å². The van der Waals surface area contributed by atoms with Crippen molar-refractivity contribution in [3.63, 3.8) is 0 Å². The molecule has 3 N–H and O–H groups in total. The Hall–Kier alpha value is -1.62. The van der Waals surface area contributed by atoms with Crippen LogP contribution in [0.15, 0.2) is 29.4 Å². The second-order valence-corrected chi connectivity index (χ2v) is 5.79. The van der Waals surface area contributed by atoms with E-state index in [1.165, 1.54) is 32.1 Å². The number of nitrogens with zero attached hydrogens (tertiary/aromatic N) is 1. The number of thiocarbonyl (C=S) groups is 1. The first-order chi connectivity index (χ1) is 10.2. The molecule has 0 aromatic heterocycles. The number of rotatable bonds is 4. The molecule has 1 fully saturated rings. The van der Waals surface area contributed by atoms with Gasteiger partial charge < -0.3 is 10.4 Å². The van der Waals surface area contributed by atoms with E-state index in [9.17, 15) is 5.11 Å². The number of aromatic hydroxyl groups is 1. The molecule has 0 unspecified atom stereocenters. The highest BCUT2D eigenvalue weighted by molar-refractivity contribution is 7.80. The number of hydrazone groups is 1. The van der Waals surface area contributed by atoms with E-state index in [-0.39, 0.29) is 5.75 Å². The SMILES string of the molecule is CCC(=NNC(=S)NC1CCCCC1)c1ccc(O)cc1. The highest BCUT2D eigenvalue weighted by atomic mass is 32.1. The molecule has 1 saturated carbocycles. The quantitative estimate of drug-likeness (QED) is 0.454. The third-order valence-corrected chi connectivity index (χ3v) is 3.98. The van der Waals surface area contributed by atoms with Gasteiger partial charge in [0.05, 0.1) is 5.71 Å². The zero-order valence-electron chi connectivity index (χ0n) is 12.4. The third kappa shape index (κ3) is 5.01. The van der Waals surface area contributed by atoms with Gasteiger partial charge in [0.2, 0.25) is 0 Å². The predicted octanol–water partition coefficient (Wildman–Crippen LogP) is 3.30. The molecule has 0 bridgehead atoms. The molecule has 0 spiro atoms. The maximum absolute atomic E-state index is 9.33. The van der Waals surface area contributed by atoms with Crippen molar-refractivity contribution >= 4 is 23.0 Å². The Labute approximate surface area is 131 Å². The molecule has 0 radical (unpaired) electrons. The standard InChI is InChI=1S/C16H23N3OS/c1-2-15(12-8-10-14(20)11-9-12)18-19-16(21)17-13-6-4-3-5-7-13/h8-11,13,20H,2-7H2,1H3,(H2,17,19,21). The summed E-state index contributed by atoms with van der Waals surface area (Å²) in [6.07, 6.45) is 7.05. The van der Waals surface area contributed by atoms with E-state index in [0.29, 0.717) is 11.2 Å². The normalized spacial score (nSPS) is 16.5. The minimum absolute atomic E-state index is 0.261. The summed E-state index contributed by atoms with van der Waals surface area (Å²) in [4.78, 5) is 0. The number of phenolic OH excluding ortho intramolecular Hbond substituents is 1. The molecule has 0 amide bonds. The van der Waals surface area contributed by atoms with Crippen LogP contribution >= 0.6 is 12.2 Å². The molecule has 0 heterocycles. The first-order valence-corrected chi connectivity index (χ1v) is 8.02. The van der Waals surface area contributed by atoms with Gasteiger partial charge in [-0.05, 0) is 61.3 Å². The zero-order chi connectivity index (χ0) is 15.1. The van der Waals surface area contributed by atoms with Gasteiger partial charge in [0, 0.05) is 6.04 Å². The summed E-state index contributed by atoms with van der Waals surface area (Å²) in [5.41, 5.74) is 4.85. The number of benzene rings is 1. The van der Waals surface area contributed by atoms with Crippen LogP contribution in [0.3, 0.4) is 0 Å². The smallest absolute Gasteiger partial charge is 0.187 e. The fourth-order valence-electron chi connectivity index (χ4n) is 2.58. The predicted molar refractivity (Wildman–Crippen MR) is 90.7 cm³/mol. The van der Waals surface area contributed by atoms with Crippen LogP contribution in [0, 0.1) is 0 Å². The minimum Gasteiger partial charge on any atom is -0.508 e. The number of hydrogen-bond acceptors (Lipinski definition) is 3. The van der Waals surface area contributed by atoms with Crippen molar-refractivity contribution in [3.05, 3.63) is 29.8 Å². The molecule has 0 saturated heterocycles. The fourth-order valence-corrected chi connectivity index (χ4v) is 2.80. The number of hydrogen-bond donors (Lipinski definition) is 3. The molecular weight excluding hydrogens is 282 g/mol. The maximum Gasteiger partial charge on any atom is 0.187 e. The van der Waals surface area contributed by atoms with Crippen molar-refractivity contribution in [2.75, 3.05) is 0 Å². The highest BCUT2D eigenvalue weighted by Crippen LogP contribution is 2.17. The van der Waals surface area contributed by atoms with Crippen molar-refractivity contribution in [1.82, 2.24) is 10.7 Å². The van der Waals surface area contributed by atoms with Crippen LogP contribution in [0.4, 0.5) is 0 Å². The summed E-state index contributed by atoms with van der Waals surface area (Å²) in [6.45, 7) is 2.05. The molecule has 0 aliphatic heterocycles. The lowest BCUT2D eigenvalue weighted by Crippen LogP contribution is -2.41. The van der Waals surface area contributed by atoms with Crippen molar-refractivity contribution in [2.24, 2.45) is 5.10 Å². The van der Waals surface area contributed by atoms with E-state index >= 15 is 0 Å². The fraction of sp³-hybridized carbons (Fsp3) is 0.500. The number of phenols is 1. The van der Waals surface area contributed by atoms with Crippen LogP contribution in [0.1, 0.15) is 51.0 Å². The van der Waals surface area contributed by atoms with E-state index in [4.69, 9.17) is 12.2 Å². The van der Waals surface area contributed by atoms with Gasteiger partial charge in [-0.2, -0.15) is 5.10 Å². The van der Waals surface area contributed by atoms with E-state index in [0.717, 1.165) is 17.7 Å². The van der Waals surface area contributed by atoms with Gasteiger partial charge in [0.1, 0.15) is 5.75 Å². The molecule has 114 valence electrons. The largest absolute Gasteiger partial charge is 0.508 e. The average Bonchev–Trinajstić information content (AvgIpc) is 2.50. The second-order valence-electron chi connectivity index (χ2n) is 5.38. The Bertz CT molecular complexity index is 493. The van der Waals surface area contributed by atoms with Crippen molar-refractivity contribution in [3.8, 4) is 5.75 Å². The molecule has 1 aliphatic rings. The van der Waals surface area contributed by atoms with Crippen molar-refractivity contribution in [2.45, 2.75) is 51.5 Å².